The number of aryl methyl sites for hydroxylation is 1. The summed E-state index contributed by atoms with van der Waals surface area (Å²) in [4.78, 5) is 25.2. The van der Waals surface area contributed by atoms with Crippen LogP contribution in [-0.2, 0) is 4.84 Å². The number of hydrogen-bond donors (Lipinski definition) is 1. The zero-order valence-electron chi connectivity index (χ0n) is 17.9. The summed E-state index contributed by atoms with van der Waals surface area (Å²) in [5.41, 5.74) is 6.24. The minimum Gasteiger partial charge on any atom is -0.357 e. The third-order valence-electron chi connectivity index (χ3n) is 4.89. The number of nitrogens with one attached hydrogen (secondary N) is 1. The number of nitrogens with zero attached hydrogens (tertiary/aromatic N) is 9. The van der Waals surface area contributed by atoms with Crippen molar-refractivity contribution >= 4 is 22.9 Å². The third-order valence-corrected chi connectivity index (χ3v) is 4.89. The Kier molecular flexibility index (Phi) is 6.05. The molecule has 0 amide bonds. The molecule has 11 heteroatoms. The van der Waals surface area contributed by atoms with Gasteiger partial charge in [-0.2, -0.15) is 15.3 Å². The molecule has 0 aliphatic carbocycles. The molecule has 0 atom stereocenters. The fourth-order valence-electron chi connectivity index (χ4n) is 3.27. The highest BCUT2D eigenvalue weighted by atomic mass is 16.6. The number of anilines is 1. The summed E-state index contributed by atoms with van der Waals surface area (Å²) in [6.07, 6.45) is 4.83. The first-order valence-electron chi connectivity index (χ1n) is 10.0. The summed E-state index contributed by atoms with van der Waals surface area (Å²) >= 11 is 0. The second-order valence-electron chi connectivity index (χ2n) is 6.73. The molecule has 0 bridgehead atoms. The summed E-state index contributed by atoms with van der Waals surface area (Å²) in [5.74, 6) is 1.96. The van der Waals surface area contributed by atoms with E-state index in [1.165, 1.54) is 0 Å². The third kappa shape index (κ3) is 4.05. The van der Waals surface area contributed by atoms with Gasteiger partial charge in [0, 0.05) is 25.5 Å². The Balaban J connectivity index is 1.75. The van der Waals surface area contributed by atoms with Crippen LogP contribution < -0.4 is 10.4 Å². The highest BCUT2D eigenvalue weighted by molar-refractivity contribution is 6.50. The molecule has 0 unspecified atom stereocenters. The molecular formula is C20H24N10O. The van der Waals surface area contributed by atoms with Crippen molar-refractivity contribution in [3.05, 3.63) is 42.2 Å². The van der Waals surface area contributed by atoms with E-state index in [-0.39, 0.29) is 0 Å². The fourth-order valence-corrected chi connectivity index (χ4v) is 3.27. The molecule has 0 radical (unpaired) electrons. The molecule has 3 aromatic heterocycles. The smallest absolute Gasteiger partial charge is 0.205 e. The number of pyridine rings is 1. The van der Waals surface area contributed by atoms with Crippen LogP contribution in [0, 0.1) is 6.92 Å². The van der Waals surface area contributed by atoms with Gasteiger partial charge in [-0.15, -0.1) is 10.2 Å². The SMILES string of the molecule is CCN(CC)c1ccc(/N=C2/C(CNOC)=Nn3c2nnc3-c2cnccn2)c(C)n1. The maximum atomic E-state index is 5.01. The normalized spacial score (nSPS) is 14.1. The van der Waals surface area contributed by atoms with E-state index in [0.717, 1.165) is 30.3 Å². The van der Waals surface area contributed by atoms with Crippen molar-refractivity contribution < 1.29 is 4.84 Å². The summed E-state index contributed by atoms with van der Waals surface area (Å²) in [5, 5.41) is 13.2. The lowest BCUT2D eigenvalue weighted by Crippen LogP contribution is -2.27. The van der Waals surface area contributed by atoms with Crippen molar-refractivity contribution in [2.75, 3.05) is 31.6 Å². The van der Waals surface area contributed by atoms with Gasteiger partial charge in [0.2, 0.25) is 11.6 Å². The van der Waals surface area contributed by atoms with Crippen LogP contribution >= 0.6 is 0 Å². The molecule has 31 heavy (non-hydrogen) atoms. The molecule has 0 saturated heterocycles. The molecule has 4 heterocycles. The van der Waals surface area contributed by atoms with Gasteiger partial charge < -0.3 is 9.74 Å². The van der Waals surface area contributed by atoms with Crippen LogP contribution in [0.3, 0.4) is 0 Å². The Bertz CT molecular complexity index is 1120. The van der Waals surface area contributed by atoms with Crippen molar-refractivity contribution in [1.82, 2.24) is 35.3 Å². The van der Waals surface area contributed by atoms with Crippen molar-refractivity contribution in [1.29, 1.82) is 0 Å². The van der Waals surface area contributed by atoms with Gasteiger partial charge in [-0.3, -0.25) is 4.98 Å². The number of aromatic nitrogens is 6. The minimum atomic E-state index is 0.350. The van der Waals surface area contributed by atoms with E-state index in [0.29, 0.717) is 35.3 Å². The fraction of sp³-hybridized carbons (Fsp3) is 0.350. The first-order chi connectivity index (χ1) is 15.2. The molecule has 1 aliphatic heterocycles. The molecule has 0 spiro atoms. The topological polar surface area (TPSA) is 119 Å². The molecule has 1 N–H and O–H groups in total. The first-order valence-corrected chi connectivity index (χ1v) is 10.0. The largest absolute Gasteiger partial charge is 0.357 e. The number of fused-ring (bicyclic) bond motifs is 1. The lowest BCUT2D eigenvalue weighted by molar-refractivity contribution is 0.104. The number of aliphatic imine (C=N–C) groups is 1. The lowest BCUT2D eigenvalue weighted by Gasteiger charge is -2.20. The molecule has 11 nitrogen and oxygen atoms in total. The van der Waals surface area contributed by atoms with Gasteiger partial charge in [-0.1, -0.05) is 0 Å². The summed E-state index contributed by atoms with van der Waals surface area (Å²) in [6.45, 7) is 8.31. The predicted molar refractivity (Wildman–Crippen MR) is 118 cm³/mol. The number of rotatable bonds is 8. The molecule has 0 aromatic carbocycles. The standard InChI is InChI=1S/C20H24N10O/c1-5-29(6-2)17-8-7-14(13(3)24-17)25-18-15(12-23-31-4)28-30-19(26-27-20(18)30)16-11-21-9-10-22-16/h7-11,23H,5-6,12H2,1-4H3/b25-18-. The van der Waals surface area contributed by atoms with E-state index in [1.807, 2.05) is 19.1 Å². The van der Waals surface area contributed by atoms with Crippen molar-refractivity contribution in [2.45, 2.75) is 20.8 Å². The quantitative estimate of drug-likeness (QED) is 0.548. The van der Waals surface area contributed by atoms with Crippen LogP contribution in [0.5, 0.6) is 0 Å². The van der Waals surface area contributed by atoms with E-state index < -0.39 is 0 Å². The average Bonchev–Trinajstić information content (AvgIpc) is 3.35. The van der Waals surface area contributed by atoms with Gasteiger partial charge in [0.1, 0.15) is 22.9 Å². The molecular weight excluding hydrogens is 396 g/mol. The Morgan fingerprint density at radius 3 is 2.61 bits per heavy atom. The van der Waals surface area contributed by atoms with Crippen LogP contribution in [0.15, 0.2) is 40.8 Å². The highest BCUT2D eigenvalue weighted by Gasteiger charge is 2.29. The second-order valence-corrected chi connectivity index (χ2v) is 6.73. The number of hydrogen-bond acceptors (Lipinski definition) is 10. The van der Waals surface area contributed by atoms with Crippen molar-refractivity contribution in [2.24, 2.45) is 10.1 Å². The molecule has 0 saturated carbocycles. The van der Waals surface area contributed by atoms with Crippen LogP contribution in [0.2, 0.25) is 0 Å². The maximum Gasteiger partial charge on any atom is 0.205 e. The molecule has 160 valence electrons. The van der Waals surface area contributed by atoms with E-state index in [4.69, 9.17) is 14.8 Å². The van der Waals surface area contributed by atoms with Crippen LogP contribution in [-0.4, -0.2) is 68.0 Å². The van der Waals surface area contributed by atoms with Gasteiger partial charge in [0.15, 0.2) is 0 Å². The van der Waals surface area contributed by atoms with Gasteiger partial charge in [-0.25, -0.2) is 15.0 Å². The molecule has 1 aliphatic rings. The Hall–Kier alpha value is -3.57. The van der Waals surface area contributed by atoms with Gasteiger partial charge in [0.05, 0.1) is 31.2 Å². The Morgan fingerprint density at radius 1 is 1.13 bits per heavy atom. The van der Waals surface area contributed by atoms with Crippen LogP contribution in [0.25, 0.3) is 11.5 Å². The highest BCUT2D eigenvalue weighted by Crippen LogP contribution is 2.25. The summed E-state index contributed by atoms with van der Waals surface area (Å²) in [7, 11) is 1.55. The van der Waals surface area contributed by atoms with Gasteiger partial charge in [-0.05, 0) is 32.9 Å². The van der Waals surface area contributed by atoms with E-state index in [1.54, 1.807) is 30.4 Å². The van der Waals surface area contributed by atoms with Crippen molar-refractivity contribution in [3.63, 3.8) is 0 Å². The Morgan fingerprint density at radius 2 is 1.94 bits per heavy atom. The predicted octanol–water partition coefficient (Wildman–Crippen LogP) is 1.77. The van der Waals surface area contributed by atoms with E-state index in [9.17, 15) is 0 Å². The van der Waals surface area contributed by atoms with E-state index >= 15 is 0 Å². The first kappa shape index (κ1) is 20.7. The van der Waals surface area contributed by atoms with Crippen LogP contribution in [0.4, 0.5) is 11.5 Å². The monoisotopic (exact) mass is 420 g/mol. The summed E-state index contributed by atoms with van der Waals surface area (Å²) < 4.78 is 1.63. The van der Waals surface area contributed by atoms with E-state index in [2.05, 4.69) is 49.5 Å². The van der Waals surface area contributed by atoms with Crippen molar-refractivity contribution in [3.8, 4) is 11.5 Å². The summed E-state index contributed by atoms with van der Waals surface area (Å²) in [6, 6.07) is 3.95. The average molecular weight is 420 g/mol. The Labute approximate surface area is 179 Å². The molecule has 4 rings (SSSR count). The minimum absolute atomic E-state index is 0.350. The van der Waals surface area contributed by atoms with Crippen LogP contribution in [0.1, 0.15) is 25.4 Å². The van der Waals surface area contributed by atoms with Gasteiger partial charge >= 0.3 is 0 Å². The van der Waals surface area contributed by atoms with Gasteiger partial charge in [0.25, 0.3) is 0 Å². The zero-order chi connectivity index (χ0) is 21.8. The zero-order valence-corrected chi connectivity index (χ0v) is 17.9. The number of hydroxylamine groups is 1. The second kappa shape index (κ2) is 9.06. The maximum absolute atomic E-state index is 5.01. The molecule has 3 aromatic rings. The molecule has 0 fully saturated rings. The lowest BCUT2D eigenvalue weighted by atomic mass is 10.2.